The fraction of sp³-hybridized carbons (Fsp3) is 0.235. The minimum absolute atomic E-state index is 0.262. The molecule has 0 radical (unpaired) electrons. The number of benzene rings is 2. The van der Waals surface area contributed by atoms with E-state index < -0.39 is 0 Å². The first kappa shape index (κ1) is 15.4. The summed E-state index contributed by atoms with van der Waals surface area (Å²) in [7, 11) is 0. The third kappa shape index (κ3) is 3.56. The molecule has 2 rings (SSSR count). The van der Waals surface area contributed by atoms with E-state index in [-0.39, 0.29) is 6.04 Å². The maximum atomic E-state index is 9.37. The SMILES string of the molecule is CC(C)N(Cc1ccccc1N)c1ccc(Br)cc1C#N. The van der Waals surface area contributed by atoms with Crippen LogP contribution in [-0.2, 0) is 6.54 Å². The van der Waals surface area contributed by atoms with Crippen molar-refractivity contribution in [2.75, 3.05) is 10.6 Å². The Balaban J connectivity index is 2.41. The molecule has 4 heteroatoms. The molecule has 0 bridgehead atoms. The predicted molar refractivity (Wildman–Crippen MR) is 91.0 cm³/mol. The summed E-state index contributed by atoms with van der Waals surface area (Å²) in [5, 5.41) is 9.37. The lowest BCUT2D eigenvalue weighted by Gasteiger charge is -2.30. The maximum absolute atomic E-state index is 9.37. The monoisotopic (exact) mass is 343 g/mol. The van der Waals surface area contributed by atoms with Gasteiger partial charge in [0.25, 0.3) is 0 Å². The summed E-state index contributed by atoms with van der Waals surface area (Å²) in [5.74, 6) is 0. The zero-order valence-electron chi connectivity index (χ0n) is 12.2. The van der Waals surface area contributed by atoms with Gasteiger partial charge in [-0.25, -0.2) is 0 Å². The normalized spacial score (nSPS) is 10.4. The summed E-state index contributed by atoms with van der Waals surface area (Å²) in [6, 6.07) is 16.1. The van der Waals surface area contributed by atoms with Gasteiger partial charge in [0.1, 0.15) is 6.07 Å². The van der Waals surface area contributed by atoms with Crippen LogP contribution in [-0.4, -0.2) is 6.04 Å². The van der Waals surface area contributed by atoms with E-state index in [1.807, 2.05) is 42.5 Å². The van der Waals surface area contributed by atoms with Crippen molar-refractivity contribution in [3.63, 3.8) is 0 Å². The molecule has 0 saturated heterocycles. The van der Waals surface area contributed by atoms with Crippen molar-refractivity contribution in [2.45, 2.75) is 26.4 Å². The van der Waals surface area contributed by atoms with Crippen LogP contribution in [0.3, 0.4) is 0 Å². The molecule has 0 aliphatic heterocycles. The Labute approximate surface area is 134 Å². The molecule has 0 atom stereocenters. The Morgan fingerprint density at radius 2 is 1.95 bits per heavy atom. The lowest BCUT2D eigenvalue weighted by atomic mass is 10.1. The molecule has 0 fully saturated rings. The smallest absolute Gasteiger partial charge is 0.101 e. The second-order valence-corrected chi connectivity index (χ2v) is 6.11. The summed E-state index contributed by atoms with van der Waals surface area (Å²) >= 11 is 3.41. The Morgan fingerprint density at radius 1 is 1.24 bits per heavy atom. The van der Waals surface area contributed by atoms with Gasteiger partial charge in [-0.3, -0.25) is 0 Å². The molecule has 2 N–H and O–H groups in total. The highest BCUT2D eigenvalue weighted by Gasteiger charge is 2.16. The average Bonchev–Trinajstić information content (AvgIpc) is 2.46. The molecule has 0 aromatic heterocycles. The molecule has 0 aliphatic carbocycles. The zero-order valence-corrected chi connectivity index (χ0v) is 13.8. The number of nitrogens with zero attached hydrogens (tertiary/aromatic N) is 2. The van der Waals surface area contributed by atoms with Crippen LogP contribution < -0.4 is 10.6 Å². The molecule has 0 heterocycles. The Hall–Kier alpha value is -1.99. The zero-order chi connectivity index (χ0) is 15.4. The Morgan fingerprint density at radius 3 is 2.57 bits per heavy atom. The van der Waals surface area contributed by atoms with Crippen molar-refractivity contribution >= 4 is 27.3 Å². The van der Waals surface area contributed by atoms with Crippen molar-refractivity contribution in [3.05, 3.63) is 58.1 Å². The molecule has 0 aliphatic rings. The lowest BCUT2D eigenvalue weighted by molar-refractivity contribution is 0.682. The van der Waals surface area contributed by atoms with Crippen LogP contribution in [0.2, 0.25) is 0 Å². The third-order valence-corrected chi connectivity index (χ3v) is 3.90. The number of nitrogen functional groups attached to an aromatic ring is 1. The Bertz CT molecular complexity index is 674. The molecular weight excluding hydrogens is 326 g/mol. The van der Waals surface area contributed by atoms with E-state index in [1.165, 1.54) is 0 Å². The number of halogens is 1. The van der Waals surface area contributed by atoms with Crippen LogP contribution in [0.15, 0.2) is 46.9 Å². The predicted octanol–water partition coefficient (Wildman–Crippen LogP) is 4.32. The van der Waals surface area contributed by atoms with E-state index in [1.54, 1.807) is 0 Å². The van der Waals surface area contributed by atoms with E-state index in [4.69, 9.17) is 5.73 Å². The van der Waals surface area contributed by atoms with Gasteiger partial charge in [0.2, 0.25) is 0 Å². The second kappa shape index (κ2) is 6.64. The van der Waals surface area contributed by atoms with Gasteiger partial charge in [0, 0.05) is 22.7 Å². The van der Waals surface area contributed by atoms with E-state index in [0.29, 0.717) is 12.1 Å². The number of rotatable bonds is 4. The summed E-state index contributed by atoms with van der Waals surface area (Å²) < 4.78 is 0.908. The van der Waals surface area contributed by atoms with Gasteiger partial charge in [-0.05, 0) is 43.7 Å². The molecule has 0 spiro atoms. The minimum atomic E-state index is 0.262. The lowest BCUT2D eigenvalue weighted by Crippen LogP contribution is -2.31. The summed E-state index contributed by atoms with van der Waals surface area (Å²) in [4.78, 5) is 2.19. The molecule has 0 saturated carbocycles. The van der Waals surface area contributed by atoms with Crippen LogP contribution in [0.5, 0.6) is 0 Å². The van der Waals surface area contributed by atoms with Gasteiger partial charge < -0.3 is 10.6 Å². The van der Waals surface area contributed by atoms with Gasteiger partial charge in [-0.15, -0.1) is 0 Å². The van der Waals surface area contributed by atoms with Crippen molar-refractivity contribution in [1.82, 2.24) is 0 Å². The van der Waals surface area contributed by atoms with E-state index in [9.17, 15) is 5.26 Å². The maximum Gasteiger partial charge on any atom is 0.101 e. The first-order valence-corrected chi connectivity index (χ1v) is 7.62. The van der Waals surface area contributed by atoms with Gasteiger partial charge >= 0.3 is 0 Å². The van der Waals surface area contributed by atoms with Crippen LogP contribution >= 0.6 is 15.9 Å². The highest BCUT2D eigenvalue weighted by Crippen LogP contribution is 2.28. The fourth-order valence-electron chi connectivity index (χ4n) is 2.26. The van der Waals surface area contributed by atoms with Crippen LogP contribution in [0, 0.1) is 11.3 Å². The highest BCUT2D eigenvalue weighted by atomic mass is 79.9. The average molecular weight is 344 g/mol. The van der Waals surface area contributed by atoms with Crippen molar-refractivity contribution in [1.29, 1.82) is 5.26 Å². The first-order chi connectivity index (χ1) is 10.0. The molecule has 2 aromatic carbocycles. The summed E-state index contributed by atoms with van der Waals surface area (Å²) in [6.45, 7) is 4.91. The number of para-hydroxylation sites is 1. The van der Waals surface area contributed by atoms with Crippen molar-refractivity contribution < 1.29 is 0 Å². The van der Waals surface area contributed by atoms with Crippen molar-refractivity contribution in [2.24, 2.45) is 0 Å². The summed E-state index contributed by atoms with van der Waals surface area (Å²) in [5.41, 5.74) is 9.48. The quantitative estimate of drug-likeness (QED) is 0.841. The number of nitrogens with two attached hydrogens (primary N) is 1. The Kier molecular flexibility index (Phi) is 4.87. The van der Waals surface area contributed by atoms with E-state index in [2.05, 4.69) is 40.7 Å². The molecule has 3 nitrogen and oxygen atoms in total. The van der Waals surface area contributed by atoms with Gasteiger partial charge in [0.05, 0.1) is 11.3 Å². The second-order valence-electron chi connectivity index (χ2n) is 5.19. The van der Waals surface area contributed by atoms with E-state index >= 15 is 0 Å². The van der Waals surface area contributed by atoms with Crippen LogP contribution in [0.4, 0.5) is 11.4 Å². The number of hydrogen-bond acceptors (Lipinski definition) is 3. The number of anilines is 2. The highest BCUT2D eigenvalue weighted by molar-refractivity contribution is 9.10. The molecule has 2 aromatic rings. The number of hydrogen-bond donors (Lipinski definition) is 1. The van der Waals surface area contributed by atoms with Gasteiger partial charge in [-0.2, -0.15) is 5.26 Å². The standard InChI is InChI=1S/C17H18BrN3/c1-12(2)21(11-13-5-3-4-6-16(13)20)17-8-7-15(18)9-14(17)10-19/h3-9,12H,11,20H2,1-2H3. The molecule has 0 unspecified atom stereocenters. The molecule has 0 amide bonds. The first-order valence-electron chi connectivity index (χ1n) is 6.82. The third-order valence-electron chi connectivity index (χ3n) is 3.41. The molecule has 21 heavy (non-hydrogen) atoms. The topological polar surface area (TPSA) is 53.0 Å². The molecular formula is C17H18BrN3. The van der Waals surface area contributed by atoms with Crippen LogP contribution in [0.1, 0.15) is 25.0 Å². The summed E-state index contributed by atoms with van der Waals surface area (Å²) in [6.07, 6.45) is 0. The van der Waals surface area contributed by atoms with Crippen molar-refractivity contribution in [3.8, 4) is 6.07 Å². The fourth-order valence-corrected chi connectivity index (χ4v) is 2.62. The number of nitriles is 1. The van der Waals surface area contributed by atoms with E-state index in [0.717, 1.165) is 21.4 Å². The van der Waals surface area contributed by atoms with Gasteiger partial charge in [0.15, 0.2) is 0 Å². The van der Waals surface area contributed by atoms with Gasteiger partial charge in [-0.1, -0.05) is 34.1 Å². The molecule has 108 valence electrons. The minimum Gasteiger partial charge on any atom is -0.398 e. The largest absolute Gasteiger partial charge is 0.398 e. The van der Waals surface area contributed by atoms with Crippen LogP contribution in [0.25, 0.3) is 0 Å².